The fraction of sp³-hybridized carbons (Fsp3) is 0.227. The molecule has 1 atom stereocenters. The number of anilines is 3. The molecule has 0 bridgehead atoms. The molecule has 2 aromatic carbocycles. The standard InChI is InChI=1S/C22H20F2N4O2S/c23-15-7-9-16(10-8-15)25-20(29)14-4-3-11-28(12-14)21(30)19-13-31-22(27-19)26-18-6-2-1-5-17(18)24/h1-2,5-10,13-14H,3-4,11-12H2,(H,25,29)(H,26,27). The Kier molecular flexibility index (Phi) is 6.22. The lowest BCUT2D eigenvalue weighted by molar-refractivity contribution is -0.121. The number of aromatic nitrogens is 1. The molecule has 0 spiro atoms. The molecule has 1 fully saturated rings. The average molecular weight is 442 g/mol. The van der Waals surface area contributed by atoms with E-state index in [1.54, 1.807) is 28.5 Å². The van der Waals surface area contributed by atoms with Gasteiger partial charge in [-0.05, 0) is 49.2 Å². The van der Waals surface area contributed by atoms with E-state index in [0.29, 0.717) is 30.2 Å². The van der Waals surface area contributed by atoms with Crippen molar-refractivity contribution in [3.05, 3.63) is 71.2 Å². The van der Waals surface area contributed by atoms with Gasteiger partial charge in [-0.3, -0.25) is 9.59 Å². The number of para-hydroxylation sites is 1. The molecule has 160 valence electrons. The predicted molar refractivity (Wildman–Crippen MR) is 115 cm³/mol. The number of piperidine rings is 1. The topological polar surface area (TPSA) is 74.3 Å². The highest BCUT2D eigenvalue weighted by Crippen LogP contribution is 2.25. The van der Waals surface area contributed by atoms with Gasteiger partial charge < -0.3 is 15.5 Å². The van der Waals surface area contributed by atoms with Gasteiger partial charge in [-0.1, -0.05) is 12.1 Å². The van der Waals surface area contributed by atoms with Crippen molar-refractivity contribution in [3.63, 3.8) is 0 Å². The second-order valence-corrected chi connectivity index (χ2v) is 8.09. The van der Waals surface area contributed by atoms with Crippen LogP contribution in [-0.2, 0) is 4.79 Å². The molecule has 1 aromatic heterocycles. The molecule has 2 amide bonds. The first kappa shape index (κ1) is 20.9. The molecule has 2 heterocycles. The Balaban J connectivity index is 1.38. The van der Waals surface area contributed by atoms with E-state index in [1.165, 1.54) is 41.7 Å². The van der Waals surface area contributed by atoms with Crippen molar-refractivity contribution in [2.75, 3.05) is 23.7 Å². The molecule has 1 aliphatic heterocycles. The summed E-state index contributed by atoms with van der Waals surface area (Å²) in [6, 6.07) is 11.8. The van der Waals surface area contributed by atoms with Gasteiger partial charge in [-0.25, -0.2) is 13.8 Å². The minimum absolute atomic E-state index is 0.204. The fourth-order valence-electron chi connectivity index (χ4n) is 3.42. The summed E-state index contributed by atoms with van der Waals surface area (Å²) in [6.45, 7) is 0.812. The predicted octanol–water partition coefficient (Wildman–Crippen LogP) is 4.66. The second kappa shape index (κ2) is 9.22. The van der Waals surface area contributed by atoms with Crippen molar-refractivity contribution in [2.45, 2.75) is 12.8 Å². The molecule has 1 aliphatic rings. The maximum absolute atomic E-state index is 13.8. The van der Waals surface area contributed by atoms with E-state index < -0.39 is 5.82 Å². The van der Waals surface area contributed by atoms with Gasteiger partial charge in [-0.15, -0.1) is 11.3 Å². The Bertz CT molecular complexity index is 1090. The molecule has 4 rings (SSSR count). The van der Waals surface area contributed by atoms with E-state index in [2.05, 4.69) is 15.6 Å². The molecule has 3 aromatic rings. The molecule has 0 aliphatic carbocycles. The molecule has 9 heteroatoms. The van der Waals surface area contributed by atoms with Gasteiger partial charge in [-0.2, -0.15) is 0 Å². The molecule has 0 saturated carbocycles. The number of hydrogen-bond acceptors (Lipinski definition) is 5. The number of amides is 2. The Labute approximate surface area is 181 Å². The van der Waals surface area contributed by atoms with Gasteiger partial charge in [0.1, 0.15) is 17.3 Å². The molecule has 31 heavy (non-hydrogen) atoms. The van der Waals surface area contributed by atoms with E-state index in [1.807, 2.05) is 0 Å². The van der Waals surface area contributed by atoms with Gasteiger partial charge in [0.25, 0.3) is 5.91 Å². The zero-order chi connectivity index (χ0) is 21.8. The SMILES string of the molecule is O=C(Nc1ccc(F)cc1)C1CCCN(C(=O)c2csc(Nc3ccccc3F)n2)C1. The van der Waals surface area contributed by atoms with Crippen LogP contribution in [0.4, 0.5) is 25.3 Å². The van der Waals surface area contributed by atoms with E-state index in [9.17, 15) is 18.4 Å². The third-order valence-electron chi connectivity index (χ3n) is 5.03. The van der Waals surface area contributed by atoms with Gasteiger partial charge in [0.2, 0.25) is 5.91 Å². The molecule has 0 radical (unpaired) electrons. The smallest absolute Gasteiger partial charge is 0.273 e. The number of rotatable bonds is 5. The molecular formula is C22H20F2N4O2S. The number of hydrogen-bond donors (Lipinski definition) is 2. The van der Waals surface area contributed by atoms with E-state index in [0.717, 1.165) is 0 Å². The minimum Gasteiger partial charge on any atom is -0.336 e. The van der Waals surface area contributed by atoms with Crippen molar-refractivity contribution in [1.29, 1.82) is 0 Å². The number of halogens is 2. The van der Waals surface area contributed by atoms with Crippen LogP contribution < -0.4 is 10.6 Å². The summed E-state index contributed by atoms with van der Waals surface area (Å²) in [4.78, 5) is 31.4. The van der Waals surface area contributed by atoms with Gasteiger partial charge in [0, 0.05) is 24.2 Å². The van der Waals surface area contributed by atoms with Crippen molar-refractivity contribution in [2.24, 2.45) is 5.92 Å². The molecule has 6 nitrogen and oxygen atoms in total. The second-order valence-electron chi connectivity index (χ2n) is 7.23. The fourth-order valence-corrected chi connectivity index (χ4v) is 4.12. The minimum atomic E-state index is -0.406. The monoisotopic (exact) mass is 442 g/mol. The third-order valence-corrected chi connectivity index (χ3v) is 5.79. The molecular weight excluding hydrogens is 422 g/mol. The first-order chi connectivity index (χ1) is 15.0. The van der Waals surface area contributed by atoms with Crippen LogP contribution in [0.3, 0.4) is 0 Å². The number of benzene rings is 2. The summed E-state index contributed by atoms with van der Waals surface area (Å²) in [5, 5.41) is 7.68. The summed E-state index contributed by atoms with van der Waals surface area (Å²) < 4.78 is 26.8. The van der Waals surface area contributed by atoms with Crippen LogP contribution in [0.5, 0.6) is 0 Å². The number of carbonyl (C=O) groups excluding carboxylic acids is 2. The van der Waals surface area contributed by atoms with Crippen LogP contribution in [0, 0.1) is 17.6 Å². The Hall–Kier alpha value is -3.33. The highest BCUT2D eigenvalue weighted by atomic mass is 32.1. The average Bonchev–Trinajstić information content (AvgIpc) is 3.25. The largest absolute Gasteiger partial charge is 0.336 e. The number of thiazole rings is 1. The molecule has 2 N–H and O–H groups in total. The van der Waals surface area contributed by atoms with Crippen LogP contribution in [0.15, 0.2) is 53.9 Å². The zero-order valence-corrected chi connectivity index (χ0v) is 17.3. The first-order valence-electron chi connectivity index (χ1n) is 9.82. The van der Waals surface area contributed by atoms with Crippen molar-refractivity contribution in [3.8, 4) is 0 Å². The van der Waals surface area contributed by atoms with Crippen LogP contribution in [0.2, 0.25) is 0 Å². The Morgan fingerprint density at radius 2 is 1.87 bits per heavy atom. The first-order valence-corrected chi connectivity index (χ1v) is 10.7. The van der Waals surface area contributed by atoms with Gasteiger partial charge in [0.15, 0.2) is 5.13 Å². The van der Waals surface area contributed by atoms with Gasteiger partial charge >= 0.3 is 0 Å². The summed E-state index contributed by atoms with van der Waals surface area (Å²) in [7, 11) is 0. The molecule has 1 unspecified atom stereocenters. The highest BCUT2D eigenvalue weighted by Gasteiger charge is 2.30. The van der Waals surface area contributed by atoms with Gasteiger partial charge in [0.05, 0.1) is 11.6 Å². The maximum atomic E-state index is 13.8. The van der Waals surface area contributed by atoms with Crippen LogP contribution in [-0.4, -0.2) is 34.8 Å². The van der Waals surface area contributed by atoms with Crippen molar-refractivity contribution < 1.29 is 18.4 Å². The Morgan fingerprint density at radius 3 is 2.65 bits per heavy atom. The van der Waals surface area contributed by atoms with Crippen LogP contribution in [0.1, 0.15) is 23.3 Å². The van der Waals surface area contributed by atoms with Crippen molar-refractivity contribution >= 4 is 39.7 Å². The summed E-state index contributed by atoms with van der Waals surface area (Å²) >= 11 is 1.21. The quantitative estimate of drug-likeness (QED) is 0.603. The zero-order valence-electron chi connectivity index (χ0n) is 16.5. The highest BCUT2D eigenvalue weighted by molar-refractivity contribution is 7.14. The van der Waals surface area contributed by atoms with E-state index >= 15 is 0 Å². The number of likely N-dealkylation sites (tertiary alicyclic amines) is 1. The van der Waals surface area contributed by atoms with E-state index in [-0.39, 0.29) is 41.5 Å². The maximum Gasteiger partial charge on any atom is 0.273 e. The third kappa shape index (κ3) is 5.05. The lowest BCUT2D eigenvalue weighted by Crippen LogP contribution is -2.43. The van der Waals surface area contributed by atoms with E-state index in [4.69, 9.17) is 0 Å². The lowest BCUT2D eigenvalue weighted by Gasteiger charge is -2.31. The van der Waals surface area contributed by atoms with Crippen molar-refractivity contribution in [1.82, 2.24) is 9.88 Å². The number of nitrogens with one attached hydrogen (secondary N) is 2. The summed E-state index contributed by atoms with van der Waals surface area (Å²) in [6.07, 6.45) is 1.35. The number of nitrogens with zero attached hydrogens (tertiary/aromatic N) is 2. The molecule has 1 saturated heterocycles. The normalized spacial score (nSPS) is 16.1. The summed E-state index contributed by atoms with van der Waals surface area (Å²) in [5.41, 5.74) is 1.05. The number of carbonyl (C=O) groups is 2. The Morgan fingerprint density at radius 1 is 1.10 bits per heavy atom. The lowest BCUT2D eigenvalue weighted by atomic mass is 9.96. The summed E-state index contributed by atoms with van der Waals surface area (Å²) in [5.74, 6) is -1.62. The van der Waals surface area contributed by atoms with Crippen LogP contribution >= 0.6 is 11.3 Å². The van der Waals surface area contributed by atoms with Crippen LogP contribution in [0.25, 0.3) is 0 Å².